The molecule has 2 rings (SSSR count). The Kier molecular flexibility index (Phi) is 4.97. The molecule has 0 N–H and O–H groups in total. The van der Waals surface area contributed by atoms with E-state index in [0.29, 0.717) is 16.3 Å². The Labute approximate surface area is 147 Å². The summed E-state index contributed by atoms with van der Waals surface area (Å²) in [4.78, 5) is 23.9. The fourth-order valence-electron chi connectivity index (χ4n) is 2.38. The number of carbonyl (C=O) groups is 2. The molecule has 1 amide bonds. The number of methoxy groups -OCH3 is 1. The monoisotopic (exact) mass is 381 g/mol. The molecule has 0 bridgehead atoms. The molecular formula is C14H11Cl4NO3. The Morgan fingerprint density at radius 1 is 1.36 bits per heavy atom. The van der Waals surface area contributed by atoms with Crippen LogP contribution in [0, 0.1) is 6.92 Å². The predicted molar refractivity (Wildman–Crippen MR) is 87.6 cm³/mol. The van der Waals surface area contributed by atoms with Gasteiger partial charge < -0.3 is 4.74 Å². The first-order chi connectivity index (χ1) is 10.2. The molecule has 22 heavy (non-hydrogen) atoms. The minimum absolute atomic E-state index is 0.0504. The van der Waals surface area contributed by atoms with E-state index in [1.54, 1.807) is 25.1 Å². The summed E-state index contributed by atoms with van der Waals surface area (Å²) >= 11 is 24.3. The smallest absolute Gasteiger partial charge is 0.333 e. The zero-order chi connectivity index (χ0) is 16.7. The van der Waals surface area contributed by atoms with Gasteiger partial charge >= 0.3 is 5.97 Å². The lowest BCUT2D eigenvalue weighted by molar-refractivity contribution is -0.143. The van der Waals surface area contributed by atoms with E-state index in [1.165, 1.54) is 12.0 Å². The Morgan fingerprint density at radius 3 is 2.50 bits per heavy atom. The summed E-state index contributed by atoms with van der Waals surface area (Å²) in [5.41, 5.74) is 1.04. The van der Waals surface area contributed by atoms with Gasteiger partial charge in [0.1, 0.15) is 4.49 Å². The van der Waals surface area contributed by atoms with Crippen LogP contribution in [0.1, 0.15) is 12.0 Å². The second-order valence-corrected chi connectivity index (χ2v) is 6.71. The van der Waals surface area contributed by atoms with E-state index < -0.39 is 16.8 Å². The number of benzene rings is 1. The van der Waals surface area contributed by atoms with Gasteiger partial charge in [0, 0.05) is 0 Å². The van der Waals surface area contributed by atoms with E-state index in [2.05, 4.69) is 4.74 Å². The van der Waals surface area contributed by atoms with Gasteiger partial charge in [-0.15, -0.1) is 0 Å². The van der Waals surface area contributed by atoms with Gasteiger partial charge in [-0.25, -0.2) is 4.79 Å². The quantitative estimate of drug-likeness (QED) is 0.569. The Morgan fingerprint density at radius 2 is 2.00 bits per heavy atom. The summed E-state index contributed by atoms with van der Waals surface area (Å²) < 4.78 is 4.38. The molecule has 1 aliphatic rings. The van der Waals surface area contributed by atoms with Gasteiger partial charge in [-0.2, -0.15) is 0 Å². The topological polar surface area (TPSA) is 46.6 Å². The number of esters is 1. The molecular weight excluding hydrogens is 372 g/mol. The lowest BCUT2D eigenvalue weighted by Gasteiger charge is -2.26. The highest BCUT2D eigenvalue weighted by atomic mass is 35.5. The molecule has 1 atom stereocenters. The van der Waals surface area contributed by atoms with Crippen LogP contribution in [0.5, 0.6) is 0 Å². The van der Waals surface area contributed by atoms with Crippen LogP contribution in [0.2, 0.25) is 5.02 Å². The molecule has 1 fully saturated rings. The van der Waals surface area contributed by atoms with Gasteiger partial charge in [-0.05, 0) is 18.6 Å². The first-order valence-electron chi connectivity index (χ1n) is 6.15. The van der Waals surface area contributed by atoms with Crippen molar-refractivity contribution >= 4 is 64.0 Å². The number of hydrogen-bond acceptors (Lipinski definition) is 3. The number of alkyl halides is 1. The third-order valence-corrected chi connectivity index (χ3v) is 4.47. The van der Waals surface area contributed by atoms with Crippen LogP contribution >= 0.6 is 46.4 Å². The van der Waals surface area contributed by atoms with E-state index in [0.717, 1.165) is 0 Å². The lowest BCUT2D eigenvalue weighted by Crippen LogP contribution is -2.35. The maximum Gasteiger partial charge on any atom is 0.333 e. The average Bonchev–Trinajstić information content (AvgIpc) is 2.70. The largest absolute Gasteiger partial charge is 0.467 e. The van der Waals surface area contributed by atoms with Gasteiger partial charge in [-0.1, -0.05) is 58.5 Å². The summed E-state index contributed by atoms with van der Waals surface area (Å²) in [5.74, 6) is -1.27. The highest BCUT2D eigenvalue weighted by molar-refractivity contribution is 6.58. The first kappa shape index (κ1) is 17.4. The fraction of sp³-hybridized carbons (Fsp3) is 0.286. The number of hydrogen-bond donors (Lipinski definition) is 0. The van der Waals surface area contributed by atoms with Crippen LogP contribution in [-0.4, -0.2) is 23.9 Å². The molecule has 0 radical (unpaired) electrons. The molecule has 8 heteroatoms. The second kappa shape index (κ2) is 6.28. The van der Waals surface area contributed by atoms with Crippen molar-refractivity contribution in [1.82, 2.24) is 0 Å². The first-order valence-corrected chi connectivity index (χ1v) is 7.66. The van der Waals surface area contributed by atoms with Crippen molar-refractivity contribution in [2.24, 2.45) is 0 Å². The van der Waals surface area contributed by atoms with E-state index in [1.807, 2.05) is 0 Å². The molecule has 0 saturated carbocycles. The fourth-order valence-corrected chi connectivity index (χ4v) is 3.65. The number of nitrogens with zero attached hydrogens (tertiary/aromatic N) is 1. The Balaban J connectivity index is 2.70. The number of halogens is 4. The summed E-state index contributed by atoms with van der Waals surface area (Å²) in [6.45, 7) is 1.76. The normalized spacial score (nSPS) is 21.3. The van der Waals surface area contributed by atoms with E-state index in [-0.39, 0.29) is 16.6 Å². The average molecular weight is 383 g/mol. The summed E-state index contributed by atoms with van der Waals surface area (Å²) in [5, 5.41) is 0.311. The lowest BCUT2D eigenvalue weighted by atomic mass is 10.1. The van der Waals surface area contributed by atoms with Crippen LogP contribution in [0.25, 0.3) is 0 Å². The van der Waals surface area contributed by atoms with Crippen molar-refractivity contribution in [3.63, 3.8) is 0 Å². The SMILES string of the molecule is COC(=O)C1(Cl)CC(=O)N(c2c(C)cccc2Cl)C1=C(Cl)Cl. The zero-order valence-corrected chi connectivity index (χ0v) is 14.6. The van der Waals surface area contributed by atoms with Gasteiger partial charge in [0.2, 0.25) is 5.91 Å². The zero-order valence-electron chi connectivity index (χ0n) is 11.6. The molecule has 1 saturated heterocycles. The van der Waals surface area contributed by atoms with Crippen molar-refractivity contribution in [2.75, 3.05) is 12.0 Å². The van der Waals surface area contributed by atoms with Gasteiger partial charge in [-0.3, -0.25) is 9.69 Å². The highest BCUT2D eigenvalue weighted by Gasteiger charge is 2.55. The molecule has 1 heterocycles. The number of aryl methyl sites for hydroxylation is 1. The van der Waals surface area contributed by atoms with Crippen molar-refractivity contribution in [2.45, 2.75) is 18.2 Å². The van der Waals surface area contributed by atoms with E-state index in [9.17, 15) is 9.59 Å². The van der Waals surface area contributed by atoms with Crippen LogP contribution in [0.15, 0.2) is 28.4 Å². The number of anilines is 1. The van der Waals surface area contributed by atoms with Crippen molar-refractivity contribution < 1.29 is 14.3 Å². The molecule has 0 aromatic heterocycles. The van der Waals surface area contributed by atoms with Crippen LogP contribution in [-0.2, 0) is 14.3 Å². The maximum atomic E-state index is 12.5. The molecule has 0 spiro atoms. The standard InChI is InChI=1S/C14H11Cl4NO3/c1-7-4-3-5-8(15)10(7)19-9(20)6-14(18,13(21)22-2)11(19)12(16)17/h3-5H,6H2,1-2H3. The van der Waals surface area contributed by atoms with Crippen molar-refractivity contribution in [3.05, 3.63) is 39.0 Å². The Hall–Kier alpha value is -0.940. The van der Waals surface area contributed by atoms with Gasteiger partial charge in [0.25, 0.3) is 0 Å². The van der Waals surface area contributed by atoms with Crippen molar-refractivity contribution in [1.29, 1.82) is 0 Å². The third kappa shape index (κ3) is 2.69. The summed E-state index contributed by atoms with van der Waals surface area (Å²) in [6.07, 6.45) is -0.329. The molecule has 1 aromatic carbocycles. The number of carbonyl (C=O) groups excluding carboxylic acids is 2. The second-order valence-electron chi connectivity index (χ2n) is 4.71. The molecule has 1 aromatic rings. The highest BCUT2D eigenvalue weighted by Crippen LogP contribution is 2.47. The van der Waals surface area contributed by atoms with Crippen LogP contribution in [0.3, 0.4) is 0 Å². The van der Waals surface area contributed by atoms with Crippen LogP contribution in [0.4, 0.5) is 5.69 Å². The number of para-hydroxylation sites is 1. The van der Waals surface area contributed by atoms with E-state index in [4.69, 9.17) is 46.4 Å². The van der Waals surface area contributed by atoms with E-state index >= 15 is 0 Å². The molecule has 0 aliphatic carbocycles. The molecule has 1 unspecified atom stereocenters. The molecule has 1 aliphatic heterocycles. The van der Waals surface area contributed by atoms with Gasteiger partial charge in [0.15, 0.2) is 4.87 Å². The number of ether oxygens (including phenoxy) is 1. The number of amides is 1. The molecule has 118 valence electrons. The minimum Gasteiger partial charge on any atom is -0.467 e. The van der Waals surface area contributed by atoms with Crippen LogP contribution < -0.4 is 4.90 Å². The minimum atomic E-state index is -1.78. The maximum absolute atomic E-state index is 12.5. The van der Waals surface area contributed by atoms with Gasteiger partial charge in [0.05, 0.1) is 29.9 Å². The predicted octanol–water partition coefficient (Wildman–Crippen LogP) is 4.18. The number of rotatable bonds is 2. The van der Waals surface area contributed by atoms with Crippen molar-refractivity contribution in [3.8, 4) is 0 Å². The third-order valence-electron chi connectivity index (χ3n) is 3.34. The summed E-state index contributed by atoms with van der Waals surface area (Å²) in [7, 11) is 1.17. The Bertz CT molecular complexity index is 664. The molecule has 4 nitrogen and oxygen atoms in total. The summed E-state index contributed by atoms with van der Waals surface area (Å²) in [6, 6.07) is 5.12.